The van der Waals surface area contributed by atoms with Crippen molar-refractivity contribution in [2.45, 2.75) is 89.2 Å². The highest BCUT2D eigenvalue weighted by Crippen LogP contribution is 2.30. The molecular formula is C16H31NO. The largest absolute Gasteiger partial charge is 0.393 e. The van der Waals surface area contributed by atoms with Crippen molar-refractivity contribution in [2.75, 3.05) is 0 Å². The molecule has 0 radical (unpaired) electrons. The van der Waals surface area contributed by atoms with Crippen molar-refractivity contribution in [2.24, 2.45) is 17.6 Å². The highest BCUT2D eigenvalue weighted by atomic mass is 16.3. The Hall–Kier alpha value is -0.0800. The standard InChI is InChI=1S/C16H31NO/c17-16(14-9-5-2-6-10-14)12-15(18)11-13-7-3-1-4-8-13/h13-16,18H,1-12,17H2. The van der Waals surface area contributed by atoms with Crippen molar-refractivity contribution in [1.29, 1.82) is 0 Å². The van der Waals surface area contributed by atoms with E-state index in [0.29, 0.717) is 5.92 Å². The monoisotopic (exact) mass is 253 g/mol. The quantitative estimate of drug-likeness (QED) is 0.786. The molecule has 0 heterocycles. The Kier molecular flexibility index (Phi) is 5.97. The van der Waals surface area contributed by atoms with Gasteiger partial charge in [0.25, 0.3) is 0 Å². The van der Waals surface area contributed by atoms with Crippen LogP contribution in [0.3, 0.4) is 0 Å². The van der Waals surface area contributed by atoms with Gasteiger partial charge in [-0.05, 0) is 37.5 Å². The molecule has 0 spiro atoms. The van der Waals surface area contributed by atoms with Crippen LogP contribution in [0.15, 0.2) is 0 Å². The van der Waals surface area contributed by atoms with Gasteiger partial charge in [0.15, 0.2) is 0 Å². The minimum absolute atomic E-state index is 0.148. The molecule has 0 aromatic carbocycles. The number of rotatable bonds is 5. The maximum Gasteiger partial charge on any atom is 0.0557 e. The van der Waals surface area contributed by atoms with Gasteiger partial charge in [-0.15, -0.1) is 0 Å². The highest BCUT2D eigenvalue weighted by molar-refractivity contribution is 4.80. The van der Waals surface area contributed by atoms with Crippen molar-refractivity contribution in [1.82, 2.24) is 0 Å². The Morgan fingerprint density at radius 2 is 1.44 bits per heavy atom. The van der Waals surface area contributed by atoms with Crippen LogP contribution in [0.4, 0.5) is 0 Å². The number of aliphatic hydroxyl groups excluding tert-OH is 1. The molecule has 106 valence electrons. The summed E-state index contributed by atoms with van der Waals surface area (Å²) in [5, 5.41) is 10.2. The Morgan fingerprint density at radius 3 is 2.06 bits per heavy atom. The molecule has 2 unspecified atom stereocenters. The molecule has 2 saturated carbocycles. The average Bonchev–Trinajstić information content (AvgIpc) is 2.40. The van der Waals surface area contributed by atoms with Gasteiger partial charge < -0.3 is 10.8 Å². The zero-order chi connectivity index (χ0) is 12.8. The summed E-state index contributed by atoms with van der Waals surface area (Å²) in [6.07, 6.45) is 15.1. The summed E-state index contributed by atoms with van der Waals surface area (Å²) < 4.78 is 0. The minimum atomic E-state index is -0.148. The lowest BCUT2D eigenvalue weighted by atomic mass is 9.80. The van der Waals surface area contributed by atoms with E-state index in [4.69, 9.17) is 5.73 Å². The van der Waals surface area contributed by atoms with Gasteiger partial charge in [-0.1, -0.05) is 51.4 Å². The third kappa shape index (κ3) is 4.55. The van der Waals surface area contributed by atoms with E-state index < -0.39 is 0 Å². The topological polar surface area (TPSA) is 46.2 Å². The van der Waals surface area contributed by atoms with Crippen molar-refractivity contribution >= 4 is 0 Å². The van der Waals surface area contributed by atoms with Crippen LogP contribution >= 0.6 is 0 Å². The first-order valence-electron chi connectivity index (χ1n) is 8.19. The first kappa shape index (κ1) is 14.3. The lowest BCUT2D eigenvalue weighted by Crippen LogP contribution is -2.35. The molecule has 2 atom stereocenters. The molecule has 18 heavy (non-hydrogen) atoms. The molecule has 2 rings (SSSR count). The van der Waals surface area contributed by atoms with Crippen LogP contribution in [-0.4, -0.2) is 17.3 Å². The normalized spacial score (nSPS) is 27.0. The van der Waals surface area contributed by atoms with Crippen LogP contribution in [0, 0.1) is 11.8 Å². The van der Waals surface area contributed by atoms with E-state index in [1.54, 1.807) is 0 Å². The van der Waals surface area contributed by atoms with Crippen LogP contribution in [-0.2, 0) is 0 Å². The smallest absolute Gasteiger partial charge is 0.0557 e. The molecule has 0 aromatic rings. The second-order valence-electron chi connectivity index (χ2n) is 6.69. The first-order valence-corrected chi connectivity index (χ1v) is 8.19. The SMILES string of the molecule is NC(CC(O)CC1CCCCC1)C1CCCCC1. The van der Waals surface area contributed by atoms with Crippen LogP contribution in [0.25, 0.3) is 0 Å². The zero-order valence-electron chi connectivity index (χ0n) is 11.8. The van der Waals surface area contributed by atoms with Gasteiger partial charge in [-0.25, -0.2) is 0 Å². The predicted molar refractivity (Wildman–Crippen MR) is 76.4 cm³/mol. The molecule has 0 aromatic heterocycles. The maximum absolute atomic E-state index is 10.2. The van der Waals surface area contributed by atoms with E-state index in [2.05, 4.69) is 0 Å². The van der Waals surface area contributed by atoms with Gasteiger partial charge in [0.2, 0.25) is 0 Å². The Balaban J connectivity index is 1.67. The molecular weight excluding hydrogens is 222 g/mol. The van der Waals surface area contributed by atoms with Gasteiger partial charge in [0.05, 0.1) is 6.10 Å². The van der Waals surface area contributed by atoms with Crippen LogP contribution in [0.5, 0.6) is 0 Å². The molecule has 3 N–H and O–H groups in total. The number of hydrogen-bond acceptors (Lipinski definition) is 2. The molecule has 0 aliphatic heterocycles. The second-order valence-corrected chi connectivity index (χ2v) is 6.69. The van der Waals surface area contributed by atoms with E-state index in [1.807, 2.05) is 0 Å². The van der Waals surface area contributed by atoms with Gasteiger partial charge in [-0.2, -0.15) is 0 Å². The fourth-order valence-corrected chi connectivity index (χ4v) is 3.97. The fraction of sp³-hybridized carbons (Fsp3) is 1.00. The van der Waals surface area contributed by atoms with Crippen molar-refractivity contribution in [3.8, 4) is 0 Å². The summed E-state index contributed by atoms with van der Waals surface area (Å²) in [5.41, 5.74) is 6.29. The van der Waals surface area contributed by atoms with Crippen molar-refractivity contribution in [3.05, 3.63) is 0 Å². The Morgan fingerprint density at radius 1 is 0.889 bits per heavy atom. The van der Waals surface area contributed by atoms with E-state index >= 15 is 0 Å². The highest BCUT2D eigenvalue weighted by Gasteiger charge is 2.24. The molecule has 0 amide bonds. The summed E-state index contributed by atoms with van der Waals surface area (Å²) in [4.78, 5) is 0. The lowest BCUT2D eigenvalue weighted by molar-refractivity contribution is 0.103. The summed E-state index contributed by atoms with van der Waals surface area (Å²) in [5.74, 6) is 1.45. The van der Waals surface area contributed by atoms with Crippen LogP contribution in [0.2, 0.25) is 0 Å². The summed E-state index contributed by atoms with van der Waals surface area (Å²) >= 11 is 0. The van der Waals surface area contributed by atoms with E-state index in [9.17, 15) is 5.11 Å². The minimum Gasteiger partial charge on any atom is -0.393 e. The zero-order valence-corrected chi connectivity index (χ0v) is 11.8. The predicted octanol–water partition coefficient (Wildman–Crippen LogP) is 3.62. The van der Waals surface area contributed by atoms with Gasteiger partial charge in [-0.3, -0.25) is 0 Å². The van der Waals surface area contributed by atoms with Crippen LogP contribution in [0.1, 0.15) is 77.0 Å². The van der Waals surface area contributed by atoms with Crippen molar-refractivity contribution in [3.63, 3.8) is 0 Å². The molecule has 0 bridgehead atoms. The fourth-order valence-electron chi connectivity index (χ4n) is 3.97. The molecule has 2 nitrogen and oxygen atoms in total. The Bertz CT molecular complexity index is 219. The lowest BCUT2D eigenvalue weighted by Gasteiger charge is -2.30. The van der Waals surface area contributed by atoms with Gasteiger partial charge >= 0.3 is 0 Å². The third-order valence-corrected chi connectivity index (χ3v) is 5.13. The molecule has 2 heteroatoms. The average molecular weight is 253 g/mol. The van der Waals surface area contributed by atoms with Crippen molar-refractivity contribution < 1.29 is 5.11 Å². The van der Waals surface area contributed by atoms with E-state index in [-0.39, 0.29) is 12.1 Å². The van der Waals surface area contributed by atoms with Gasteiger partial charge in [0.1, 0.15) is 0 Å². The Labute approximate surface area is 112 Å². The molecule has 2 fully saturated rings. The third-order valence-electron chi connectivity index (χ3n) is 5.13. The summed E-state index contributed by atoms with van der Waals surface area (Å²) in [6.45, 7) is 0. The van der Waals surface area contributed by atoms with Gasteiger partial charge in [0, 0.05) is 6.04 Å². The summed E-state index contributed by atoms with van der Waals surface area (Å²) in [7, 11) is 0. The molecule has 2 aliphatic rings. The first-order chi connectivity index (χ1) is 8.75. The number of nitrogens with two attached hydrogens (primary N) is 1. The van der Waals surface area contributed by atoms with E-state index in [1.165, 1.54) is 64.2 Å². The maximum atomic E-state index is 10.2. The molecule has 2 aliphatic carbocycles. The molecule has 0 saturated heterocycles. The van der Waals surface area contributed by atoms with Crippen LogP contribution < -0.4 is 5.73 Å². The number of aliphatic hydroxyl groups is 1. The number of hydrogen-bond donors (Lipinski definition) is 2. The second kappa shape index (κ2) is 7.49. The summed E-state index contributed by atoms with van der Waals surface area (Å²) in [6, 6.07) is 0.240. The van der Waals surface area contributed by atoms with E-state index in [0.717, 1.165) is 18.8 Å².